The molecule has 28 heavy (non-hydrogen) atoms. The van der Waals surface area contributed by atoms with Crippen molar-refractivity contribution < 1.29 is 14.3 Å². The van der Waals surface area contributed by atoms with Crippen molar-refractivity contribution in [2.45, 2.75) is 0 Å². The maximum atomic E-state index is 12.8. The summed E-state index contributed by atoms with van der Waals surface area (Å²) in [5, 5.41) is 0.992. The standard InChI is InChI=1S/C21H20BrN3O3/c1-28-17-5-2-14(3-6-17)20(26)24-8-10-25(11-9-24)21(27)19-13-15-12-16(22)4-7-18(15)23-19/h2-7,12-13,23H,8-11H2,1H3. The highest BCUT2D eigenvalue weighted by Gasteiger charge is 2.26. The van der Waals surface area contributed by atoms with E-state index >= 15 is 0 Å². The third kappa shape index (κ3) is 3.62. The second-order valence-electron chi connectivity index (χ2n) is 6.73. The Morgan fingerprint density at radius 1 is 0.929 bits per heavy atom. The van der Waals surface area contributed by atoms with Gasteiger partial charge in [0, 0.05) is 47.1 Å². The molecule has 0 unspecified atom stereocenters. The number of benzene rings is 2. The first kappa shape index (κ1) is 18.6. The molecule has 1 aromatic heterocycles. The van der Waals surface area contributed by atoms with E-state index in [2.05, 4.69) is 20.9 Å². The van der Waals surface area contributed by atoms with Gasteiger partial charge in [-0.05, 0) is 48.5 Å². The average Bonchev–Trinajstić information content (AvgIpc) is 3.16. The van der Waals surface area contributed by atoms with Gasteiger partial charge in [0.1, 0.15) is 11.4 Å². The van der Waals surface area contributed by atoms with Crippen LogP contribution in [0, 0.1) is 0 Å². The van der Waals surface area contributed by atoms with Gasteiger partial charge in [0.15, 0.2) is 0 Å². The van der Waals surface area contributed by atoms with Crippen LogP contribution < -0.4 is 4.74 Å². The van der Waals surface area contributed by atoms with Gasteiger partial charge in [0.25, 0.3) is 11.8 Å². The molecular weight excluding hydrogens is 422 g/mol. The molecule has 0 bridgehead atoms. The lowest BCUT2D eigenvalue weighted by Crippen LogP contribution is -2.50. The van der Waals surface area contributed by atoms with Crippen LogP contribution in [0.1, 0.15) is 20.8 Å². The van der Waals surface area contributed by atoms with Crippen molar-refractivity contribution in [3.8, 4) is 5.75 Å². The highest BCUT2D eigenvalue weighted by Crippen LogP contribution is 2.22. The van der Waals surface area contributed by atoms with Gasteiger partial charge in [-0.1, -0.05) is 15.9 Å². The summed E-state index contributed by atoms with van der Waals surface area (Å²) in [5.41, 5.74) is 2.13. The highest BCUT2D eigenvalue weighted by atomic mass is 79.9. The molecule has 1 saturated heterocycles. The van der Waals surface area contributed by atoms with E-state index in [1.807, 2.05) is 24.3 Å². The molecule has 2 amide bonds. The van der Waals surface area contributed by atoms with Gasteiger partial charge in [-0.25, -0.2) is 0 Å². The molecule has 0 atom stereocenters. The quantitative estimate of drug-likeness (QED) is 0.675. The lowest BCUT2D eigenvalue weighted by atomic mass is 10.1. The number of H-pyrrole nitrogens is 1. The minimum absolute atomic E-state index is 0.0229. The van der Waals surface area contributed by atoms with Crippen LogP contribution in [0.25, 0.3) is 10.9 Å². The summed E-state index contributed by atoms with van der Waals surface area (Å²) >= 11 is 3.45. The molecule has 144 valence electrons. The number of piperazine rings is 1. The Hall–Kier alpha value is -2.80. The molecule has 1 N–H and O–H groups in total. The maximum absolute atomic E-state index is 12.8. The van der Waals surface area contributed by atoms with Gasteiger partial charge >= 0.3 is 0 Å². The van der Waals surface area contributed by atoms with Crippen LogP contribution in [0.15, 0.2) is 53.0 Å². The normalized spacial score (nSPS) is 14.4. The Balaban J connectivity index is 1.41. The van der Waals surface area contributed by atoms with Gasteiger partial charge in [-0.15, -0.1) is 0 Å². The van der Waals surface area contributed by atoms with E-state index in [-0.39, 0.29) is 11.8 Å². The van der Waals surface area contributed by atoms with E-state index in [1.165, 1.54) is 0 Å². The van der Waals surface area contributed by atoms with E-state index in [0.717, 1.165) is 21.1 Å². The minimum atomic E-state index is -0.0381. The predicted molar refractivity (Wildman–Crippen MR) is 111 cm³/mol. The number of hydrogen-bond acceptors (Lipinski definition) is 3. The Morgan fingerprint density at radius 2 is 1.57 bits per heavy atom. The van der Waals surface area contributed by atoms with E-state index in [0.29, 0.717) is 37.4 Å². The number of nitrogens with zero attached hydrogens (tertiary/aromatic N) is 2. The van der Waals surface area contributed by atoms with Crippen molar-refractivity contribution in [3.05, 3.63) is 64.3 Å². The lowest BCUT2D eigenvalue weighted by molar-refractivity contribution is 0.0533. The van der Waals surface area contributed by atoms with Crippen LogP contribution in [0.5, 0.6) is 5.75 Å². The smallest absolute Gasteiger partial charge is 0.270 e. The number of ether oxygens (including phenoxy) is 1. The third-order valence-electron chi connectivity index (χ3n) is 5.00. The molecule has 0 spiro atoms. The second kappa shape index (κ2) is 7.67. The average molecular weight is 442 g/mol. The number of fused-ring (bicyclic) bond motifs is 1. The second-order valence-corrected chi connectivity index (χ2v) is 7.64. The summed E-state index contributed by atoms with van der Waals surface area (Å²) in [6, 6.07) is 14.8. The topological polar surface area (TPSA) is 65.6 Å². The molecule has 0 aliphatic carbocycles. The summed E-state index contributed by atoms with van der Waals surface area (Å²) in [7, 11) is 1.60. The highest BCUT2D eigenvalue weighted by molar-refractivity contribution is 9.10. The van der Waals surface area contributed by atoms with Crippen molar-refractivity contribution in [1.29, 1.82) is 0 Å². The molecule has 7 heteroatoms. The Labute approximate surface area is 171 Å². The van der Waals surface area contributed by atoms with Gasteiger partial charge < -0.3 is 19.5 Å². The van der Waals surface area contributed by atoms with Crippen molar-refractivity contribution in [1.82, 2.24) is 14.8 Å². The zero-order valence-corrected chi connectivity index (χ0v) is 17.0. The van der Waals surface area contributed by atoms with Gasteiger partial charge in [0.2, 0.25) is 0 Å². The maximum Gasteiger partial charge on any atom is 0.270 e. The molecule has 6 nitrogen and oxygen atoms in total. The molecule has 1 aliphatic rings. The number of methoxy groups -OCH3 is 1. The molecule has 0 saturated carbocycles. The van der Waals surface area contributed by atoms with Crippen molar-refractivity contribution in [2.75, 3.05) is 33.3 Å². The molecule has 2 heterocycles. The van der Waals surface area contributed by atoms with Crippen LogP contribution in [0.3, 0.4) is 0 Å². The summed E-state index contributed by atoms with van der Waals surface area (Å²) in [6.45, 7) is 2.06. The summed E-state index contributed by atoms with van der Waals surface area (Å²) in [5.74, 6) is 0.659. The fourth-order valence-corrected chi connectivity index (χ4v) is 3.80. The summed E-state index contributed by atoms with van der Waals surface area (Å²) < 4.78 is 6.11. The van der Waals surface area contributed by atoms with Crippen LogP contribution in [0.4, 0.5) is 0 Å². The molecule has 1 fully saturated rings. The first-order valence-electron chi connectivity index (χ1n) is 9.06. The van der Waals surface area contributed by atoms with E-state index < -0.39 is 0 Å². The van der Waals surface area contributed by atoms with E-state index in [1.54, 1.807) is 41.2 Å². The number of halogens is 1. The van der Waals surface area contributed by atoms with Crippen LogP contribution in [-0.2, 0) is 0 Å². The summed E-state index contributed by atoms with van der Waals surface area (Å²) in [4.78, 5) is 32.3. The monoisotopic (exact) mass is 441 g/mol. The number of aromatic amines is 1. The first-order chi connectivity index (χ1) is 13.5. The molecular formula is C21H20BrN3O3. The molecule has 3 aromatic rings. The number of nitrogens with one attached hydrogen (secondary N) is 1. The predicted octanol–water partition coefficient (Wildman–Crippen LogP) is 3.54. The Bertz CT molecular complexity index is 1020. The lowest BCUT2D eigenvalue weighted by Gasteiger charge is -2.34. The van der Waals surface area contributed by atoms with E-state index in [9.17, 15) is 9.59 Å². The molecule has 4 rings (SSSR count). The minimum Gasteiger partial charge on any atom is -0.497 e. The fraction of sp³-hybridized carbons (Fsp3) is 0.238. The number of amides is 2. The Morgan fingerprint density at radius 3 is 2.21 bits per heavy atom. The number of carbonyl (C=O) groups excluding carboxylic acids is 2. The van der Waals surface area contributed by atoms with Gasteiger partial charge in [0.05, 0.1) is 7.11 Å². The summed E-state index contributed by atoms with van der Waals surface area (Å²) in [6.07, 6.45) is 0. The number of rotatable bonds is 3. The fourth-order valence-electron chi connectivity index (χ4n) is 3.42. The van der Waals surface area contributed by atoms with E-state index in [4.69, 9.17) is 4.74 Å². The first-order valence-corrected chi connectivity index (χ1v) is 9.85. The third-order valence-corrected chi connectivity index (χ3v) is 5.50. The Kier molecular flexibility index (Phi) is 5.09. The number of carbonyl (C=O) groups is 2. The SMILES string of the molecule is COc1ccc(C(=O)N2CCN(C(=O)c3cc4cc(Br)ccc4[nH]3)CC2)cc1. The van der Waals surface area contributed by atoms with Gasteiger partial charge in [-0.2, -0.15) is 0 Å². The van der Waals surface area contributed by atoms with Crippen LogP contribution >= 0.6 is 15.9 Å². The van der Waals surface area contributed by atoms with Crippen LogP contribution in [0.2, 0.25) is 0 Å². The van der Waals surface area contributed by atoms with Crippen LogP contribution in [-0.4, -0.2) is 59.9 Å². The van der Waals surface area contributed by atoms with Crippen molar-refractivity contribution in [3.63, 3.8) is 0 Å². The number of hydrogen-bond donors (Lipinski definition) is 1. The molecule has 1 aliphatic heterocycles. The van der Waals surface area contributed by atoms with Gasteiger partial charge in [-0.3, -0.25) is 9.59 Å². The largest absolute Gasteiger partial charge is 0.497 e. The number of aromatic nitrogens is 1. The zero-order chi connectivity index (χ0) is 19.7. The molecule has 2 aromatic carbocycles. The zero-order valence-electron chi connectivity index (χ0n) is 15.4. The van der Waals surface area contributed by atoms with Crippen molar-refractivity contribution in [2.24, 2.45) is 0 Å². The molecule has 0 radical (unpaired) electrons. The van der Waals surface area contributed by atoms with Crippen molar-refractivity contribution >= 4 is 38.6 Å².